The van der Waals surface area contributed by atoms with Crippen LogP contribution in [0.15, 0.2) is 52.1 Å². The molecule has 0 unspecified atom stereocenters. The molecule has 0 saturated heterocycles. The number of amides is 1. The summed E-state index contributed by atoms with van der Waals surface area (Å²) in [5.41, 5.74) is 2.91. The minimum atomic E-state index is -0.356. The van der Waals surface area contributed by atoms with Gasteiger partial charge in [0.25, 0.3) is 5.22 Å². The molecule has 1 heterocycles. The zero-order valence-corrected chi connectivity index (χ0v) is 14.6. The van der Waals surface area contributed by atoms with Crippen LogP contribution in [0.2, 0.25) is 0 Å². The molecule has 0 atom stereocenters. The van der Waals surface area contributed by atoms with Gasteiger partial charge in [0, 0.05) is 11.3 Å². The Kier molecular flexibility index (Phi) is 5.14. The SMILES string of the molecule is Cc1ccc(-c2nnc(SCC(=O)Nc3ccc(C)c(F)c3)o2)cc1. The summed E-state index contributed by atoms with van der Waals surface area (Å²) in [6, 6.07) is 12.3. The highest BCUT2D eigenvalue weighted by Gasteiger charge is 2.11. The maximum absolute atomic E-state index is 13.5. The van der Waals surface area contributed by atoms with Crippen LogP contribution in [-0.4, -0.2) is 21.9 Å². The molecule has 1 N–H and O–H groups in total. The van der Waals surface area contributed by atoms with Crippen LogP contribution in [0.25, 0.3) is 11.5 Å². The number of benzene rings is 2. The van der Waals surface area contributed by atoms with Crippen molar-refractivity contribution >= 4 is 23.4 Å². The van der Waals surface area contributed by atoms with Crippen molar-refractivity contribution < 1.29 is 13.6 Å². The van der Waals surface area contributed by atoms with Crippen molar-refractivity contribution in [1.29, 1.82) is 0 Å². The Bertz CT molecular complexity index is 894. The molecule has 7 heteroatoms. The predicted octanol–water partition coefficient (Wildman–Crippen LogP) is 4.22. The van der Waals surface area contributed by atoms with Crippen LogP contribution in [-0.2, 0) is 4.79 Å². The van der Waals surface area contributed by atoms with Gasteiger partial charge >= 0.3 is 0 Å². The topological polar surface area (TPSA) is 68.0 Å². The van der Waals surface area contributed by atoms with Crippen molar-refractivity contribution in [2.45, 2.75) is 19.1 Å². The molecule has 1 aromatic heterocycles. The standard InChI is InChI=1S/C18H16FN3O2S/c1-11-3-6-13(7-4-11)17-21-22-18(24-17)25-10-16(23)20-14-8-5-12(2)15(19)9-14/h3-9H,10H2,1-2H3,(H,20,23). The average molecular weight is 357 g/mol. The monoisotopic (exact) mass is 357 g/mol. The molecule has 0 aliphatic heterocycles. The molecule has 1 amide bonds. The Hall–Kier alpha value is -2.67. The number of hydrogen-bond acceptors (Lipinski definition) is 5. The summed E-state index contributed by atoms with van der Waals surface area (Å²) in [5.74, 6) is -0.137. The van der Waals surface area contributed by atoms with Gasteiger partial charge in [-0.05, 0) is 43.7 Å². The molecule has 0 bridgehead atoms. The van der Waals surface area contributed by atoms with E-state index < -0.39 is 0 Å². The molecular weight excluding hydrogens is 341 g/mol. The molecule has 0 spiro atoms. The number of nitrogens with one attached hydrogen (secondary N) is 1. The van der Waals surface area contributed by atoms with E-state index in [0.717, 1.165) is 22.9 Å². The molecule has 5 nitrogen and oxygen atoms in total. The summed E-state index contributed by atoms with van der Waals surface area (Å²) < 4.78 is 19.0. The molecule has 0 aliphatic carbocycles. The van der Waals surface area contributed by atoms with E-state index in [1.165, 1.54) is 6.07 Å². The van der Waals surface area contributed by atoms with Crippen molar-refractivity contribution in [3.8, 4) is 11.5 Å². The molecule has 0 aliphatic rings. The van der Waals surface area contributed by atoms with Gasteiger partial charge in [-0.3, -0.25) is 4.79 Å². The third kappa shape index (κ3) is 4.45. The lowest BCUT2D eigenvalue weighted by molar-refractivity contribution is -0.113. The molecule has 25 heavy (non-hydrogen) atoms. The van der Waals surface area contributed by atoms with Crippen molar-refractivity contribution in [2.24, 2.45) is 0 Å². The zero-order chi connectivity index (χ0) is 17.8. The zero-order valence-electron chi connectivity index (χ0n) is 13.7. The average Bonchev–Trinajstić information content (AvgIpc) is 3.06. The minimum Gasteiger partial charge on any atom is -0.411 e. The molecule has 3 aromatic rings. The predicted molar refractivity (Wildman–Crippen MR) is 95.0 cm³/mol. The molecule has 128 valence electrons. The van der Waals surface area contributed by atoms with E-state index in [2.05, 4.69) is 15.5 Å². The number of nitrogens with zero attached hydrogens (tertiary/aromatic N) is 2. The Balaban J connectivity index is 1.57. The molecule has 0 saturated carbocycles. The molecule has 0 radical (unpaired) electrons. The van der Waals surface area contributed by atoms with E-state index in [-0.39, 0.29) is 17.5 Å². The fraction of sp³-hybridized carbons (Fsp3) is 0.167. The maximum atomic E-state index is 13.5. The first-order valence-electron chi connectivity index (χ1n) is 7.60. The fourth-order valence-corrected chi connectivity index (χ4v) is 2.64. The van der Waals surface area contributed by atoms with Crippen LogP contribution < -0.4 is 5.32 Å². The van der Waals surface area contributed by atoms with Gasteiger partial charge in [-0.2, -0.15) is 0 Å². The summed E-state index contributed by atoms with van der Waals surface area (Å²) in [7, 11) is 0. The first kappa shape index (κ1) is 17.2. The van der Waals surface area contributed by atoms with Gasteiger partial charge < -0.3 is 9.73 Å². The smallest absolute Gasteiger partial charge is 0.277 e. The van der Waals surface area contributed by atoms with Crippen LogP contribution in [0.5, 0.6) is 0 Å². The Morgan fingerprint density at radius 3 is 2.64 bits per heavy atom. The second-order valence-corrected chi connectivity index (χ2v) is 6.47. The lowest BCUT2D eigenvalue weighted by Gasteiger charge is -2.05. The number of halogens is 1. The van der Waals surface area contributed by atoms with Gasteiger partial charge in [0.15, 0.2) is 0 Å². The van der Waals surface area contributed by atoms with Crippen LogP contribution in [0.1, 0.15) is 11.1 Å². The Morgan fingerprint density at radius 2 is 1.92 bits per heavy atom. The van der Waals surface area contributed by atoms with Gasteiger partial charge in [0.05, 0.1) is 5.75 Å². The number of carbonyl (C=O) groups is 1. The molecular formula is C18H16FN3O2S. The Labute approximate surface area is 148 Å². The number of rotatable bonds is 5. The lowest BCUT2D eigenvalue weighted by atomic mass is 10.1. The van der Waals surface area contributed by atoms with Crippen molar-refractivity contribution in [1.82, 2.24) is 10.2 Å². The van der Waals surface area contributed by atoms with Crippen molar-refractivity contribution in [2.75, 3.05) is 11.1 Å². The second kappa shape index (κ2) is 7.48. The van der Waals surface area contributed by atoms with E-state index in [1.807, 2.05) is 31.2 Å². The van der Waals surface area contributed by atoms with E-state index >= 15 is 0 Å². The van der Waals surface area contributed by atoms with Crippen LogP contribution in [0.4, 0.5) is 10.1 Å². The number of thioether (sulfide) groups is 1. The van der Waals surface area contributed by atoms with E-state index in [1.54, 1.807) is 19.1 Å². The summed E-state index contributed by atoms with van der Waals surface area (Å²) in [5, 5.41) is 10.8. The number of aryl methyl sites for hydroxylation is 2. The first-order valence-corrected chi connectivity index (χ1v) is 8.59. The van der Waals surface area contributed by atoms with Crippen molar-refractivity contribution in [3.63, 3.8) is 0 Å². The van der Waals surface area contributed by atoms with Gasteiger partial charge in [-0.15, -0.1) is 10.2 Å². The van der Waals surface area contributed by atoms with Gasteiger partial charge in [-0.1, -0.05) is 35.5 Å². The lowest BCUT2D eigenvalue weighted by Crippen LogP contribution is -2.14. The molecule has 3 rings (SSSR count). The summed E-state index contributed by atoms with van der Waals surface area (Å²) in [6.07, 6.45) is 0. The quantitative estimate of drug-likeness (QED) is 0.692. The Morgan fingerprint density at radius 1 is 1.16 bits per heavy atom. The summed E-state index contributed by atoms with van der Waals surface area (Å²) in [6.45, 7) is 3.66. The van der Waals surface area contributed by atoms with Gasteiger partial charge in [-0.25, -0.2) is 4.39 Å². The van der Waals surface area contributed by atoms with E-state index in [0.29, 0.717) is 22.4 Å². The number of anilines is 1. The largest absolute Gasteiger partial charge is 0.411 e. The molecule has 0 fully saturated rings. The number of hydrogen-bond donors (Lipinski definition) is 1. The van der Waals surface area contributed by atoms with E-state index in [4.69, 9.17) is 4.42 Å². The van der Waals surface area contributed by atoms with E-state index in [9.17, 15) is 9.18 Å². The number of aromatic nitrogens is 2. The molecule has 2 aromatic carbocycles. The number of carbonyl (C=O) groups excluding carboxylic acids is 1. The van der Waals surface area contributed by atoms with Gasteiger partial charge in [0.2, 0.25) is 11.8 Å². The van der Waals surface area contributed by atoms with Crippen LogP contribution in [0.3, 0.4) is 0 Å². The maximum Gasteiger partial charge on any atom is 0.277 e. The fourth-order valence-electron chi connectivity index (χ4n) is 2.08. The highest BCUT2D eigenvalue weighted by Crippen LogP contribution is 2.23. The first-order chi connectivity index (χ1) is 12.0. The third-order valence-corrected chi connectivity index (χ3v) is 4.31. The van der Waals surface area contributed by atoms with Crippen molar-refractivity contribution in [3.05, 3.63) is 59.4 Å². The third-order valence-electron chi connectivity index (χ3n) is 3.49. The summed E-state index contributed by atoms with van der Waals surface area (Å²) in [4.78, 5) is 12.0. The minimum absolute atomic E-state index is 0.0883. The highest BCUT2D eigenvalue weighted by atomic mass is 32.2. The van der Waals surface area contributed by atoms with Crippen LogP contribution >= 0.6 is 11.8 Å². The summed E-state index contributed by atoms with van der Waals surface area (Å²) >= 11 is 1.13. The normalized spacial score (nSPS) is 10.7. The van der Waals surface area contributed by atoms with Crippen LogP contribution in [0, 0.1) is 19.7 Å². The van der Waals surface area contributed by atoms with Gasteiger partial charge in [0.1, 0.15) is 5.82 Å². The second-order valence-electron chi connectivity index (χ2n) is 5.54. The highest BCUT2D eigenvalue weighted by molar-refractivity contribution is 7.99.